The molecule has 0 saturated carbocycles. The van der Waals surface area contributed by atoms with Crippen molar-refractivity contribution in [2.24, 2.45) is 0 Å². The van der Waals surface area contributed by atoms with Crippen LogP contribution >= 0.6 is 0 Å². The zero-order valence-corrected chi connectivity index (χ0v) is 7.82. The van der Waals surface area contributed by atoms with Crippen molar-refractivity contribution >= 4 is 18.0 Å². The van der Waals surface area contributed by atoms with Gasteiger partial charge in [0.25, 0.3) is 0 Å². The van der Waals surface area contributed by atoms with Crippen molar-refractivity contribution in [3.63, 3.8) is 0 Å². The van der Waals surface area contributed by atoms with E-state index < -0.39 is 0 Å². The molecule has 0 amide bonds. The van der Waals surface area contributed by atoms with Gasteiger partial charge in [-0.3, -0.25) is 0 Å². The van der Waals surface area contributed by atoms with Gasteiger partial charge in [-0.05, 0) is 24.3 Å². The first-order valence-corrected chi connectivity index (χ1v) is 4.05. The van der Waals surface area contributed by atoms with Crippen LogP contribution < -0.4 is 4.90 Å². The van der Waals surface area contributed by atoms with Crippen molar-refractivity contribution in [3.8, 4) is 0 Å². The molecule has 66 valence electrons. The minimum atomic E-state index is 1.01. The number of nitrogens with zero attached hydrogens (tertiary/aromatic N) is 1. The molecule has 0 bridgehead atoms. The summed E-state index contributed by atoms with van der Waals surface area (Å²) in [4.78, 5) is 12.0. The molecule has 0 aromatic heterocycles. The first kappa shape index (κ1) is 9.43. The first-order valence-electron chi connectivity index (χ1n) is 4.05. The molecule has 1 aromatic carbocycles. The van der Waals surface area contributed by atoms with Gasteiger partial charge in [0.15, 0.2) is 0 Å². The lowest BCUT2D eigenvalue weighted by Gasteiger charge is -2.11. The van der Waals surface area contributed by atoms with E-state index in [1.807, 2.05) is 43.3 Å². The van der Waals surface area contributed by atoms with E-state index in [1.54, 1.807) is 12.4 Å². The second kappa shape index (κ2) is 4.39. The highest BCUT2D eigenvalue weighted by molar-refractivity contribution is 5.74. The zero-order chi connectivity index (χ0) is 9.68. The van der Waals surface area contributed by atoms with Gasteiger partial charge in [0.1, 0.15) is 0 Å². The van der Waals surface area contributed by atoms with E-state index in [-0.39, 0.29) is 0 Å². The molecule has 0 fully saturated rings. The Hall–Kier alpha value is -1.66. The molecule has 13 heavy (non-hydrogen) atoms. The molecule has 0 saturated heterocycles. The molecule has 2 heteroatoms. The molecule has 0 atom stereocenters. The molecule has 0 spiro atoms. The Morgan fingerprint density at radius 3 is 2.31 bits per heavy atom. The highest BCUT2D eigenvalue weighted by Crippen LogP contribution is 2.12. The summed E-state index contributed by atoms with van der Waals surface area (Å²) in [6.45, 7) is 0. The van der Waals surface area contributed by atoms with Crippen LogP contribution in [-0.4, -0.2) is 20.4 Å². The lowest BCUT2D eigenvalue weighted by atomic mass is 10.2. The van der Waals surface area contributed by atoms with Gasteiger partial charge in [0.2, 0.25) is 6.08 Å². The predicted octanol–water partition coefficient (Wildman–Crippen LogP) is 1.88. The molecule has 0 heterocycles. The molecular formula is C11H12NO+. The van der Waals surface area contributed by atoms with E-state index in [2.05, 4.69) is 0 Å². The number of hydrogen-bond donors (Lipinski definition) is 0. The third-order valence-corrected chi connectivity index (χ3v) is 1.75. The van der Waals surface area contributed by atoms with E-state index >= 15 is 0 Å². The summed E-state index contributed by atoms with van der Waals surface area (Å²) in [5.74, 6) is 0. The van der Waals surface area contributed by atoms with Gasteiger partial charge in [-0.2, -0.15) is 0 Å². The fourth-order valence-corrected chi connectivity index (χ4v) is 1.01. The maximum absolute atomic E-state index is 9.93. The molecule has 2 nitrogen and oxygen atoms in total. The SMILES string of the molecule is CN(C)c1ccc(C=C[C+]=O)cc1. The second-order valence-electron chi connectivity index (χ2n) is 2.94. The Kier molecular flexibility index (Phi) is 3.18. The van der Waals surface area contributed by atoms with Crippen LogP contribution in [-0.2, 0) is 4.79 Å². The molecule has 1 aromatic rings. The third-order valence-electron chi connectivity index (χ3n) is 1.75. The van der Waals surface area contributed by atoms with Gasteiger partial charge < -0.3 is 4.90 Å². The lowest BCUT2D eigenvalue weighted by Crippen LogP contribution is -2.07. The van der Waals surface area contributed by atoms with Crippen LogP contribution in [0.15, 0.2) is 30.3 Å². The molecule has 1 rings (SSSR count). The number of carbonyl (C=O) groups excluding carboxylic acids is 1. The highest BCUT2D eigenvalue weighted by Gasteiger charge is 1.95. The van der Waals surface area contributed by atoms with Crippen molar-refractivity contribution in [3.05, 3.63) is 35.9 Å². The van der Waals surface area contributed by atoms with Gasteiger partial charge in [0, 0.05) is 19.8 Å². The number of allylic oxidation sites excluding steroid dienone is 1. The van der Waals surface area contributed by atoms with E-state index in [0.717, 1.165) is 11.3 Å². The van der Waals surface area contributed by atoms with E-state index in [0.29, 0.717) is 0 Å². The van der Waals surface area contributed by atoms with E-state index in [9.17, 15) is 4.79 Å². The summed E-state index contributed by atoms with van der Waals surface area (Å²) in [6.07, 6.45) is 4.81. The van der Waals surface area contributed by atoms with E-state index in [4.69, 9.17) is 0 Å². The molecule has 0 aliphatic carbocycles. The lowest BCUT2D eigenvalue weighted by molar-refractivity contribution is 0.564. The fraction of sp³-hybridized carbons (Fsp3) is 0.182. The minimum absolute atomic E-state index is 1.01. The van der Waals surface area contributed by atoms with Crippen molar-refractivity contribution in [1.82, 2.24) is 0 Å². The van der Waals surface area contributed by atoms with Gasteiger partial charge in [-0.1, -0.05) is 4.79 Å². The van der Waals surface area contributed by atoms with Crippen molar-refractivity contribution in [2.75, 3.05) is 19.0 Å². The van der Waals surface area contributed by atoms with Gasteiger partial charge in [-0.15, -0.1) is 0 Å². The average molecular weight is 174 g/mol. The monoisotopic (exact) mass is 174 g/mol. The van der Waals surface area contributed by atoms with Crippen molar-refractivity contribution in [1.29, 1.82) is 0 Å². The normalized spacial score (nSPS) is 10.0. The molecule has 0 unspecified atom stereocenters. The average Bonchev–Trinajstić information content (AvgIpc) is 2.15. The summed E-state index contributed by atoms with van der Waals surface area (Å²) in [5.41, 5.74) is 2.15. The van der Waals surface area contributed by atoms with Crippen LogP contribution in [0.1, 0.15) is 5.56 Å². The quantitative estimate of drug-likeness (QED) is 0.515. The molecular weight excluding hydrogens is 162 g/mol. The predicted molar refractivity (Wildman–Crippen MR) is 55.5 cm³/mol. The first-order chi connectivity index (χ1) is 6.24. The smallest absolute Gasteiger partial charge is 0.356 e. The molecule has 0 aliphatic heterocycles. The number of anilines is 1. The van der Waals surface area contributed by atoms with Crippen LogP contribution in [0.3, 0.4) is 0 Å². The van der Waals surface area contributed by atoms with Gasteiger partial charge >= 0.3 is 6.29 Å². The molecule has 0 radical (unpaired) electrons. The Labute approximate surface area is 78.5 Å². The van der Waals surface area contributed by atoms with Crippen LogP contribution in [0.2, 0.25) is 0 Å². The Balaban J connectivity index is 2.81. The Bertz CT molecular complexity index is 298. The Morgan fingerprint density at radius 1 is 1.23 bits per heavy atom. The molecule has 0 aliphatic rings. The van der Waals surface area contributed by atoms with E-state index in [1.165, 1.54) is 6.08 Å². The number of benzene rings is 1. The maximum atomic E-state index is 9.93. The van der Waals surface area contributed by atoms with Crippen LogP contribution in [0.4, 0.5) is 5.69 Å². The Morgan fingerprint density at radius 2 is 1.85 bits per heavy atom. The second-order valence-corrected chi connectivity index (χ2v) is 2.94. The summed E-state index contributed by atoms with van der Waals surface area (Å²) in [6, 6.07) is 7.93. The summed E-state index contributed by atoms with van der Waals surface area (Å²) in [5, 5.41) is 0. The number of hydrogen-bond acceptors (Lipinski definition) is 2. The third kappa shape index (κ3) is 2.69. The summed E-state index contributed by atoms with van der Waals surface area (Å²) >= 11 is 0. The standard InChI is InChI=1S/C11H12NO/c1-12(2)11-7-5-10(6-8-11)4-3-9-13/h3-8H,1-2H3/q+1. The van der Waals surface area contributed by atoms with Crippen molar-refractivity contribution in [2.45, 2.75) is 0 Å². The number of rotatable bonds is 3. The van der Waals surface area contributed by atoms with Crippen LogP contribution in [0, 0.1) is 0 Å². The summed E-state index contributed by atoms with van der Waals surface area (Å²) < 4.78 is 0. The fourth-order valence-electron chi connectivity index (χ4n) is 1.01. The maximum Gasteiger partial charge on any atom is 0.356 e. The highest BCUT2D eigenvalue weighted by atomic mass is 16.1. The summed E-state index contributed by atoms with van der Waals surface area (Å²) in [7, 11) is 3.98. The van der Waals surface area contributed by atoms with Gasteiger partial charge in [0.05, 0.1) is 11.6 Å². The minimum Gasteiger partial charge on any atom is -0.378 e. The zero-order valence-electron chi connectivity index (χ0n) is 7.82. The van der Waals surface area contributed by atoms with Gasteiger partial charge in [-0.25, -0.2) is 0 Å². The van der Waals surface area contributed by atoms with Crippen molar-refractivity contribution < 1.29 is 4.79 Å². The largest absolute Gasteiger partial charge is 0.378 e. The van der Waals surface area contributed by atoms with Crippen LogP contribution in [0.25, 0.3) is 6.08 Å². The molecule has 0 N–H and O–H groups in total. The van der Waals surface area contributed by atoms with Crippen LogP contribution in [0.5, 0.6) is 0 Å². The topological polar surface area (TPSA) is 20.3 Å².